The number of H-pyrrole nitrogens is 1. The Balaban J connectivity index is 1.41. The lowest BCUT2D eigenvalue weighted by atomic mass is 9.64. The van der Waals surface area contributed by atoms with Gasteiger partial charge in [-0.25, -0.2) is 4.79 Å². The third kappa shape index (κ3) is 7.36. The van der Waals surface area contributed by atoms with E-state index in [1.54, 1.807) is 62.8 Å². The summed E-state index contributed by atoms with van der Waals surface area (Å²) in [6.45, 7) is 2.11. The molecule has 14 heteroatoms. The Morgan fingerprint density at radius 2 is 1.31 bits per heavy atom. The van der Waals surface area contributed by atoms with E-state index in [1.807, 2.05) is 54.6 Å². The molecule has 0 aliphatic carbocycles. The molecule has 4 aromatic carbocycles. The number of carbonyl (C=O) groups excluding carboxylic acids is 2. The van der Waals surface area contributed by atoms with Crippen molar-refractivity contribution in [1.29, 1.82) is 0 Å². The molecule has 7 rings (SSSR count). The van der Waals surface area contributed by atoms with Crippen LogP contribution in [0.15, 0.2) is 125 Å². The number of aromatic nitrogens is 2. The van der Waals surface area contributed by atoms with Crippen molar-refractivity contribution in [1.82, 2.24) is 19.7 Å². The summed E-state index contributed by atoms with van der Waals surface area (Å²) in [5.74, 6) is -0.100. The van der Waals surface area contributed by atoms with Crippen LogP contribution >= 0.6 is 0 Å². The first-order valence-corrected chi connectivity index (χ1v) is 19.2. The van der Waals surface area contributed by atoms with Gasteiger partial charge in [0.05, 0.1) is 30.8 Å². The Morgan fingerprint density at radius 1 is 0.759 bits per heavy atom. The van der Waals surface area contributed by atoms with E-state index >= 15 is 0 Å². The number of rotatable bonds is 16. The van der Waals surface area contributed by atoms with E-state index in [0.717, 1.165) is 40.1 Å². The lowest BCUT2D eigenvalue weighted by molar-refractivity contribution is -0.294. The van der Waals surface area contributed by atoms with Crippen molar-refractivity contribution < 1.29 is 38.9 Å². The average molecular weight is 791 g/mol. The fourth-order valence-corrected chi connectivity index (χ4v) is 7.97. The first kappa shape index (κ1) is 40.3. The minimum absolute atomic E-state index is 0.0571. The van der Waals surface area contributed by atoms with E-state index in [-0.39, 0.29) is 17.7 Å². The van der Waals surface area contributed by atoms with Gasteiger partial charge in [-0.3, -0.25) is 28.8 Å². The number of imide groups is 1. The Morgan fingerprint density at radius 3 is 1.84 bits per heavy atom. The van der Waals surface area contributed by atoms with Crippen molar-refractivity contribution in [3.63, 3.8) is 0 Å². The van der Waals surface area contributed by atoms with Crippen molar-refractivity contribution in [2.75, 3.05) is 20.8 Å². The molecule has 14 nitrogen and oxygen atoms in total. The molecule has 0 bridgehead atoms. The zero-order valence-electron chi connectivity index (χ0n) is 32.4. The van der Waals surface area contributed by atoms with Crippen LogP contribution in [0.2, 0.25) is 0 Å². The predicted octanol–water partition coefficient (Wildman–Crippen LogP) is 4.60. The summed E-state index contributed by atoms with van der Waals surface area (Å²) in [6.07, 6.45) is -3.57. The number of aliphatic hydroxyl groups excluding tert-OH is 2. The highest BCUT2D eigenvalue weighted by molar-refractivity contribution is 6.20. The predicted molar refractivity (Wildman–Crippen MR) is 212 cm³/mol. The number of hydroxylamine groups is 1. The van der Waals surface area contributed by atoms with Gasteiger partial charge in [-0.05, 0) is 59.5 Å². The summed E-state index contributed by atoms with van der Waals surface area (Å²) in [7, 11) is 3.10. The number of amides is 2. The molecule has 3 heterocycles. The van der Waals surface area contributed by atoms with Crippen LogP contribution in [0.5, 0.6) is 11.5 Å². The van der Waals surface area contributed by atoms with Crippen LogP contribution < -0.4 is 20.7 Å². The number of hydrogen-bond donors (Lipinski definition) is 3. The van der Waals surface area contributed by atoms with E-state index in [1.165, 1.54) is 6.20 Å². The molecule has 302 valence electrons. The number of fused-ring (bicyclic) bond motifs is 1. The third-order valence-electron chi connectivity index (χ3n) is 10.9. The van der Waals surface area contributed by atoms with Gasteiger partial charge in [-0.15, -0.1) is 0 Å². The summed E-state index contributed by atoms with van der Waals surface area (Å²) in [5.41, 5.74) is -0.783. The summed E-state index contributed by atoms with van der Waals surface area (Å²) in [4.78, 5) is 62.1. The lowest BCUT2D eigenvalue weighted by Gasteiger charge is -2.43. The molecular formula is C44H46N4O10. The molecule has 2 aliphatic heterocycles. The molecule has 1 saturated heterocycles. The minimum Gasteiger partial charge on any atom is -0.497 e. The second-order valence-corrected chi connectivity index (χ2v) is 14.2. The Bertz CT molecular complexity index is 2250. The van der Waals surface area contributed by atoms with E-state index < -0.39 is 59.1 Å². The highest BCUT2D eigenvalue weighted by Gasteiger charge is 2.57. The van der Waals surface area contributed by atoms with Crippen LogP contribution in [-0.4, -0.2) is 86.9 Å². The molecule has 5 aromatic rings. The number of carbonyl (C=O) groups is 2. The number of ether oxygens (including phenoxy) is 3. The van der Waals surface area contributed by atoms with Crippen LogP contribution in [0.1, 0.15) is 76.2 Å². The molecule has 2 amide bonds. The van der Waals surface area contributed by atoms with Crippen LogP contribution in [0.3, 0.4) is 0 Å². The standard InChI is InChI=1S/C44H46N4O10/c1-4-5-6-12-26-47(48-40(52)33-15-10-11-16-34(33)41(48)53)58-37-36(50)42(46-27-25-35(49)45-43(46)54)57-38(37)39(51)44(28-13-8-7-9-14-28,29-17-21-31(55-2)22-18-29)30-19-23-32(56-3)24-20-30/h7-11,13-25,27,36-39,42,50-51H,4-6,12,26H2,1-3H3,(H,45,49,54)/t36-,37+,38+,39?,42-/m1/s1. The fraction of sp³-hybridized carbons (Fsp3) is 0.318. The van der Waals surface area contributed by atoms with Gasteiger partial charge in [0.2, 0.25) is 0 Å². The number of methoxy groups -OCH3 is 2. The number of unbranched alkanes of at least 4 members (excludes halogenated alkanes) is 3. The first-order chi connectivity index (χ1) is 28.1. The van der Waals surface area contributed by atoms with Gasteiger partial charge in [-0.2, -0.15) is 5.01 Å². The number of aliphatic hydroxyl groups is 2. The number of hydrazine groups is 1. The maximum atomic E-state index is 13.9. The van der Waals surface area contributed by atoms with Gasteiger partial charge >= 0.3 is 5.69 Å². The maximum Gasteiger partial charge on any atom is 0.330 e. The monoisotopic (exact) mass is 790 g/mol. The van der Waals surface area contributed by atoms with E-state index in [4.69, 9.17) is 19.0 Å². The summed E-state index contributed by atoms with van der Waals surface area (Å²) >= 11 is 0. The maximum absolute atomic E-state index is 13.9. The van der Waals surface area contributed by atoms with Gasteiger partial charge in [0, 0.05) is 18.8 Å². The Kier molecular flexibility index (Phi) is 12.0. The molecule has 1 aromatic heterocycles. The number of nitrogens with one attached hydrogen (secondary N) is 1. The number of benzene rings is 4. The van der Waals surface area contributed by atoms with Crippen LogP contribution in [0.4, 0.5) is 0 Å². The fourth-order valence-electron chi connectivity index (χ4n) is 7.97. The average Bonchev–Trinajstić information content (AvgIpc) is 3.70. The Labute approximate surface area is 334 Å². The van der Waals surface area contributed by atoms with E-state index in [0.29, 0.717) is 34.6 Å². The van der Waals surface area contributed by atoms with Crippen LogP contribution in [0, 0.1) is 0 Å². The third-order valence-corrected chi connectivity index (χ3v) is 10.9. The summed E-state index contributed by atoms with van der Waals surface area (Å²) in [5, 5.41) is 27.6. The van der Waals surface area contributed by atoms with Crippen molar-refractivity contribution >= 4 is 11.8 Å². The van der Waals surface area contributed by atoms with Gasteiger partial charge in [-0.1, -0.05) is 98.1 Å². The molecule has 0 spiro atoms. The smallest absolute Gasteiger partial charge is 0.330 e. The highest BCUT2D eigenvalue weighted by atomic mass is 16.7. The second kappa shape index (κ2) is 17.3. The summed E-state index contributed by atoms with van der Waals surface area (Å²) < 4.78 is 18.6. The molecular weight excluding hydrogens is 745 g/mol. The molecule has 5 atom stereocenters. The minimum atomic E-state index is -1.70. The first-order valence-electron chi connectivity index (χ1n) is 19.2. The zero-order valence-corrected chi connectivity index (χ0v) is 32.4. The van der Waals surface area contributed by atoms with Crippen molar-refractivity contribution in [2.24, 2.45) is 0 Å². The highest BCUT2D eigenvalue weighted by Crippen LogP contribution is 2.48. The molecule has 0 saturated carbocycles. The number of hydrogen-bond acceptors (Lipinski definition) is 11. The lowest BCUT2D eigenvalue weighted by Crippen LogP contribution is -2.56. The largest absolute Gasteiger partial charge is 0.497 e. The van der Waals surface area contributed by atoms with Gasteiger partial charge in [0.15, 0.2) is 6.23 Å². The SMILES string of the molecule is CCCCCCN(O[C@H]1[C@@H](O)[C@H](n2ccc(=O)[nH]c2=O)O[C@@H]1C(O)C(c1ccccc1)(c1ccc(OC)cc1)c1ccc(OC)cc1)N1C(=O)c2ccccc2C1=O. The number of nitrogens with zero attached hydrogens (tertiary/aromatic N) is 3. The Hall–Kier alpha value is -5.90. The van der Waals surface area contributed by atoms with Crippen molar-refractivity contribution in [2.45, 2.75) is 68.7 Å². The second-order valence-electron chi connectivity index (χ2n) is 14.2. The quantitative estimate of drug-likeness (QED) is 0.0552. The summed E-state index contributed by atoms with van der Waals surface area (Å²) in [6, 6.07) is 31.2. The molecule has 2 aliphatic rings. The van der Waals surface area contributed by atoms with Crippen LogP contribution in [0.25, 0.3) is 0 Å². The van der Waals surface area contributed by atoms with Crippen LogP contribution in [-0.2, 0) is 15.0 Å². The molecule has 1 unspecified atom stereocenters. The van der Waals surface area contributed by atoms with E-state index in [9.17, 15) is 29.4 Å². The van der Waals surface area contributed by atoms with E-state index in [2.05, 4.69) is 11.9 Å². The van der Waals surface area contributed by atoms with Crippen molar-refractivity contribution in [3.05, 3.63) is 164 Å². The van der Waals surface area contributed by atoms with Crippen molar-refractivity contribution in [3.8, 4) is 11.5 Å². The van der Waals surface area contributed by atoms with Gasteiger partial charge < -0.3 is 24.4 Å². The zero-order chi connectivity index (χ0) is 41.0. The molecule has 3 N–H and O–H groups in total. The topological polar surface area (TPSA) is 173 Å². The molecule has 58 heavy (non-hydrogen) atoms. The van der Waals surface area contributed by atoms with Gasteiger partial charge in [0.25, 0.3) is 17.4 Å². The molecule has 0 radical (unpaired) electrons. The van der Waals surface area contributed by atoms with Gasteiger partial charge in [0.1, 0.15) is 35.9 Å². The normalized spacial score (nSPS) is 19.7. The molecule has 1 fully saturated rings. The number of aromatic amines is 1.